The number of rotatable bonds is 6. The Kier molecular flexibility index (Phi) is 6.71. The van der Waals surface area contributed by atoms with E-state index in [1.165, 1.54) is 11.8 Å². The third-order valence-corrected chi connectivity index (χ3v) is 4.38. The summed E-state index contributed by atoms with van der Waals surface area (Å²) in [6.45, 7) is 4.68. The fourth-order valence-electron chi connectivity index (χ4n) is 2.66. The smallest absolute Gasteiger partial charge is 0.340 e. The van der Waals surface area contributed by atoms with Crippen LogP contribution < -0.4 is 5.32 Å². The van der Waals surface area contributed by atoms with Crippen LogP contribution in [0.4, 0.5) is 5.69 Å². The molecule has 0 aliphatic carbocycles. The van der Waals surface area contributed by atoms with Gasteiger partial charge in [0, 0.05) is 14.0 Å². The first-order chi connectivity index (χ1) is 12.8. The Morgan fingerprint density at radius 3 is 2.37 bits per heavy atom. The predicted octanol–water partition coefficient (Wildman–Crippen LogP) is 3.33. The minimum Gasteiger partial charge on any atom is -0.452 e. The summed E-state index contributed by atoms with van der Waals surface area (Å²) in [6.07, 6.45) is 0. The van der Waals surface area contributed by atoms with Crippen molar-refractivity contribution in [1.82, 2.24) is 4.90 Å². The molecule has 1 unspecified atom stereocenters. The SMILES string of the molecule is CC(=O)Nc1c(C)cccc1C(=O)OCC(=O)N(C)C(C)c1ccccc1. The summed E-state index contributed by atoms with van der Waals surface area (Å²) in [5.41, 5.74) is 2.34. The lowest BCUT2D eigenvalue weighted by Crippen LogP contribution is -2.33. The van der Waals surface area contributed by atoms with E-state index in [1.807, 2.05) is 37.3 Å². The highest BCUT2D eigenvalue weighted by Gasteiger charge is 2.21. The molecule has 2 rings (SSSR count). The number of para-hydroxylation sites is 1. The van der Waals surface area contributed by atoms with Crippen LogP contribution in [0.5, 0.6) is 0 Å². The van der Waals surface area contributed by atoms with Crippen LogP contribution in [0.1, 0.15) is 41.4 Å². The summed E-state index contributed by atoms with van der Waals surface area (Å²) in [5, 5.41) is 2.64. The lowest BCUT2D eigenvalue weighted by Gasteiger charge is -2.25. The molecule has 6 nitrogen and oxygen atoms in total. The molecular weight excluding hydrogens is 344 g/mol. The normalized spacial score (nSPS) is 11.4. The third-order valence-electron chi connectivity index (χ3n) is 4.38. The van der Waals surface area contributed by atoms with Crippen molar-refractivity contribution in [2.45, 2.75) is 26.8 Å². The van der Waals surface area contributed by atoms with Gasteiger partial charge in [0.25, 0.3) is 5.91 Å². The maximum absolute atomic E-state index is 12.4. The van der Waals surface area contributed by atoms with Crippen molar-refractivity contribution in [3.05, 3.63) is 65.2 Å². The van der Waals surface area contributed by atoms with Crippen LogP contribution in [0.25, 0.3) is 0 Å². The van der Waals surface area contributed by atoms with E-state index in [9.17, 15) is 14.4 Å². The van der Waals surface area contributed by atoms with E-state index in [4.69, 9.17) is 4.74 Å². The molecule has 0 spiro atoms. The molecule has 0 radical (unpaired) electrons. The number of likely N-dealkylation sites (N-methyl/N-ethyl adjacent to an activating group) is 1. The van der Waals surface area contributed by atoms with Gasteiger partial charge in [0.05, 0.1) is 17.3 Å². The molecule has 0 bridgehead atoms. The number of aryl methyl sites for hydroxylation is 1. The lowest BCUT2D eigenvalue weighted by molar-refractivity contribution is -0.135. The number of nitrogens with zero attached hydrogens (tertiary/aromatic N) is 1. The van der Waals surface area contributed by atoms with Gasteiger partial charge in [0.2, 0.25) is 5.91 Å². The highest BCUT2D eigenvalue weighted by atomic mass is 16.5. The van der Waals surface area contributed by atoms with Crippen LogP contribution in [-0.2, 0) is 14.3 Å². The van der Waals surface area contributed by atoms with Crippen molar-refractivity contribution < 1.29 is 19.1 Å². The van der Waals surface area contributed by atoms with Crippen molar-refractivity contribution in [1.29, 1.82) is 0 Å². The summed E-state index contributed by atoms with van der Waals surface area (Å²) in [4.78, 5) is 37.7. The van der Waals surface area contributed by atoms with E-state index < -0.39 is 5.97 Å². The highest BCUT2D eigenvalue weighted by molar-refractivity contribution is 6.02. The Balaban J connectivity index is 2.04. The zero-order chi connectivity index (χ0) is 20.0. The molecule has 0 aliphatic rings. The molecule has 1 N–H and O–H groups in total. The van der Waals surface area contributed by atoms with Gasteiger partial charge in [-0.3, -0.25) is 9.59 Å². The van der Waals surface area contributed by atoms with Crippen molar-refractivity contribution in [3.8, 4) is 0 Å². The van der Waals surface area contributed by atoms with Crippen LogP contribution in [0.3, 0.4) is 0 Å². The van der Waals surface area contributed by atoms with E-state index in [2.05, 4.69) is 5.32 Å². The molecule has 1 atom stereocenters. The van der Waals surface area contributed by atoms with Crippen LogP contribution in [0.15, 0.2) is 48.5 Å². The van der Waals surface area contributed by atoms with Gasteiger partial charge in [0.1, 0.15) is 0 Å². The molecular formula is C21H24N2O4. The van der Waals surface area contributed by atoms with Gasteiger partial charge >= 0.3 is 5.97 Å². The fourth-order valence-corrected chi connectivity index (χ4v) is 2.66. The summed E-state index contributed by atoms with van der Waals surface area (Å²) < 4.78 is 5.19. The summed E-state index contributed by atoms with van der Waals surface area (Å²) in [5.74, 6) is -1.25. The Morgan fingerprint density at radius 1 is 1.07 bits per heavy atom. The second kappa shape index (κ2) is 8.98. The van der Waals surface area contributed by atoms with E-state index in [1.54, 1.807) is 32.2 Å². The first-order valence-electron chi connectivity index (χ1n) is 8.66. The van der Waals surface area contributed by atoms with Gasteiger partial charge < -0.3 is 15.0 Å². The van der Waals surface area contributed by atoms with Gasteiger partial charge in [-0.05, 0) is 31.0 Å². The number of hydrogen-bond acceptors (Lipinski definition) is 4. The minimum absolute atomic E-state index is 0.147. The first-order valence-corrected chi connectivity index (χ1v) is 8.66. The van der Waals surface area contributed by atoms with E-state index in [-0.39, 0.29) is 30.0 Å². The second-order valence-corrected chi connectivity index (χ2v) is 6.35. The molecule has 0 saturated heterocycles. The standard InChI is InChI=1S/C21H24N2O4/c1-14-9-8-12-18(20(14)22-16(3)24)21(26)27-13-19(25)23(4)15(2)17-10-6-5-7-11-17/h5-12,15H,13H2,1-4H3,(H,22,24). The molecule has 27 heavy (non-hydrogen) atoms. The molecule has 2 aromatic carbocycles. The topological polar surface area (TPSA) is 75.7 Å². The minimum atomic E-state index is -0.656. The fraction of sp³-hybridized carbons (Fsp3) is 0.286. The Labute approximate surface area is 159 Å². The predicted molar refractivity (Wildman–Crippen MR) is 103 cm³/mol. The Morgan fingerprint density at radius 2 is 1.74 bits per heavy atom. The number of anilines is 1. The zero-order valence-corrected chi connectivity index (χ0v) is 16.0. The van der Waals surface area contributed by atoms with Crippen LogP contribution in [-0.4, -0.2) is 36.3 Å². The van der Waals surface area contributed by atoms with E-state index in [0.29, 0.717) is 5.69 Å². The van der Waals surface area contributed by atoms with Gasteiger partial charge in [0.15, 0.2) is 6.61 Å². The number of carbonyl (C=O) groups is 3. The molecule has 142 valence electrons. The number of carbonyl (C=O) groups excluding carboxylic acids is 3. The third kappa shape index (κ3) is 5.17. The number of hydrogen-bond donors (Lipinski definition) is 1. The van der Waals surface area contributed by atoms with Gasteiger partial charge in [-0.25, -0.2) is 4.79 Å². The van der Waals surface area contributed by atoms with Crippen LogP contribution in [0, 0.1) is 6.92 Å². The number of esters is 1. The number of benzene rings is 2. The lowest BCUT2D eigenvalue weighted by atomic mass is 10.1. The second-order valence-electron chi connectivity index (χ2n) is 6.35. The molecule has 0 aliphatic heterocycles. The van der Waals surface area contributed by atoms with E-state index in [0.717, 1.165) is 11.1 Å². The largest absolute Gasteiger partial charge is 0.452 e. The maximum Gasteiger partial charge on any atom is 0.340 e. The molecule has 0 saturated carbocycles. The molecule has 2 aromatic rings. The van der Waals surface area contributed by atoms with Gasteiger partial charge in [-0.15, -0.1) is 0 Å². The monoisotopic (exact) mass is 368 g/mol. The molecule has 2 amide bonds. The summed E-state index contributed by atoms with van der Waals surface area (Å²) in [6, 6.07) is 14.5. The molecule has 0 fully saturated rings. The number of ether oxygens (including phenoxy) is 1. The average molecular weight is 368 g/mol. The highest BCUT2D eigenvalue weighted by Crippen LogP contribution is 2.22. The summed E-state index contributed by atoms with van der Waals surface area (Å²) in [7, 11) is 1.67. The first kappa shape index (κ1) is 20.2. The Bertz CT molecular complexity index is 833. The average Bonchev–Trinajstić information content (AvgIpc) is 2.66. The van der Waals surface area contributed by atoms with Crippen molar-refractivity contribution in [2.24, 2.45) is 0 Å². The van der Waals surface area contributed by atoms with Crippen molar-refractivity contribution >= 4 is 23.5 Å². The van der Waals surface area contributed by atoms with Crippen molar-refractivity contribution in [2.75, 3.05) is 19.0 Å². The molecule has 6 heteroatoms. The molecule has 0 heterocycles. The van der Waals surface area contributed by atoms with Crippen LogP contribution >= 0.6 is 0 Å². The van der Waals surface area contributed by atoms with Crippen LogP contribution in [0.2, 0.25) is 0 Å². The van der Waals surface area contributed by atoms with Gasteiger partial charge in [-0.1, -0.05) is 42.5 Å². The number of nitrogens with one attached hydrogen (secondary N) is 1. The quantitative estimate of drug-likeness (QED) is 0.794. The zero-order valence-electron chi connectivity index (χ0n) is 16.0. The molecule has 0 aromatic heterocycles. The summed E-state index contributed by atoms with van der Waals surface area (Å²) >= 11 is 0. The Hall–Kier alpha value is -3.15. The van der Waals surface area contributed by atoms with Crippen molar-refractivity contribution in [3.63, 3.8) is 0 Å². The van der Waals surface area contributed by atoms with E-state index >= 15 is 0 Å². The maximum atomic E-state index is 12.4. The van der Waals surface area contributed by atoms with Gasteiger partial charge in [-0.2, -0.15) is 0 Å². The number of amides is 2.